The van der Waals surface area contributed by atoms with E-state index in [0.717, 1.165) is 37.5 Å². The number of carbonyl (C=O) groups is 1. The average Bonchev–Trinajstić information content (AvgIpc) is 2.48. The van der Waals surface area contributed by atoms with Crippen LogP contribution in [0.5, 0.6) is 0 Å². The monoisotopic (exact) mass is 296 g/mol. The molecular formula is C18H32O3. The predicted molar refractivity (Wildman–Crippen MR) is 83.9 cm³/mol. The molecule has 0 unspecified atom stereocenters. The van der Waals surface area contributed by atoms with Gasteiger partial charge in [-0.2, -0.15) is 0 Å². The maximum absolute atomic E-state index is 11.4. The van der Waals surface area contributed by atoms with E-state index in [1.54, 1.807) is 0 Å². The molecule has 0 saturated heterocycles. The lowest BCUT2D eigenvalue weighted by molar-refractivity contribution is -0.151. The number of aliphatic hydroxyl groups excluding tert-OH is 1. The number of hydrogen-bond donors (Lipinski definition) is 1. The first-order chi connectivity index (χ1) is 9.93. The summed E-state index contributed by atoms with van der Waals surface area (Å²) in [7, 11) is 0. The van der Waals surface area contributed by atoms with Crippen LogP contribution in [0.3, 0.4) is 0 Å². The second-order valence-electron chi connectivity index (χ2n) is 7.64. The molecule has 3 heteroatoms. The van der Waals surface area contributed by atoms with Gasteiger partial charge in [0.05, 0.1) is 6.10 Å². The molecule has 0 radical (unpaired) electrons. The maximum Gasteiger partial charge on any atom is 0.305 e. The number of carbonyl (C=O) groups excluding carboxylic acids is 1. The smallest absolute Gasteiger partial charge is 0.305 e. The molecule has 0 amide bonds. The molecule has 2 fully saturated rings. The van der Waals surface area contributed by atoms with Gasteiger partial charge in [0.1, 0.15) is 6.10 Å². The Balaban J connectivity index is 1.84. The lowest BCUT2D eigenvalue weighted by Crippen LogP contribution is -2.39. The van der Waals surface area contributed by atoms with Crippen LogP contribution < -0.4 is 0 Å². The molecule has 0 heterocycles. The lowest BCUT2D eigenvalue weighted by atomic mass is 9.60. The van der Waals surface area contributed by atoms with Crippen LogP contribution in [0.2, 0.25) is 0 Å². The largest absolute Gasteiger partial charge is 0.462 e. The summed E-state index contributed by atoms with van der Waals surface area (Å²) in [5, 5.41) is 9.70. The number of hydrogen-bond acceptors (Lipinski definition) is 3. The third kappa shape index (κ3) is 4.21. The Bertz CT molecular complexity index is 334. The van der Waals surface area contributed by atoms with Gasteiger partial charge in [0.25, 0.3) is 0 Å². The van der Waals surface area contributed by atoms with Gasteiger partial charge in [-0.25, -0.2) is 0 Å². The molecule has 2 saturated carbocycles. The summed E-state index contributed by atoms with van der Waals surface area (Å²) in [6.07, 6.45) is 9.23. The Labute approximate surface area is 129 Å². The van der Waals surface area contributed by atoms with Gasteiger partial charge in [0.2, 0.25) is 0 Å². The highest BCUT2D eigenvalue weighted by molar-refractivity contribution is 5.69. The minimum absolute atomic E-state index is 0.0565. The molecule has 2 aliphatic rings. The summed E-state index contributed by atoms with van der Waals surface area (Å²) in [5.41, 5.74) is 0.347. The van der Waals surface area contributed by atoms with Crippen molar-refractivity contribution in [2.75, 3.05) is 0 Å². The van der Waals surface area contributed by atoms with Gasteiger partial charge in [-0.05, 0) is 68.6 Å². The Kier molecular flexibility index (Phi) is 5.70. The lowest BCUT2D eigenvalue weighted by Gasteiger charge is -2.46. The van der Waals surface area contributed by atoms with Crippen LogP contribution >= 0.6 is 0 Å². The van der Waals surface area contributed by atoms with E-state index in [1.807, 2.05) is 6.92 Å². The molecule has 0 aliphatic heterocycles. The summed E-state index contributed by atoms with van der Waals surface area (Å²) < 4.78 is 5.49. The quantitative estimate of drug-likeness (QED) is 0.795. The predicted octanol–water partition coefficient (Wildman–Crippen LogP) is 4.08. The minimum atomic E-state index is -0.0683. The van der Waals surface area contributed by atoms with Gasteiger partial charge in [-0.1, -0.05) is 20.8 Å². The summed E-state index contributed by atoms with van der Waals surface area (Å²) in [6.45, 7) is 6.69. The highest BCUT2D eigenvalue weighted by Crippen LogP contribution is 2.48. The zero-order valence-electron chi connectivity index (χ0n) is 13.9. The fourth-order valence-electron chi connectivity index (χ4n) is 4.35. The molecular weight excluding hydrogens is 264 g/mol. The second kappa shape index (κ2) is 7.13. The van der Waals surface area contributed by atoms with Crippen molar-refractivity contribution < 1.29 is 14.6 Å². The van der Waals surface area contributed by atoms with Crippen molar-refractivity contribution >= 4 is 5.97 Å². The molecule has 2 aliphatic carbocycles. The molecule has 0 aromatic rings. The second-order valence-corrected chi connectivity index (χ2v) is 7.64. The van der Waals surface area contributed by atoms with Crippen LogP contribution in [0.1, 0.15) is 78.6 Å². The molecule has 0 aromatic carbocycles. The van der Waals surface area contributed by atoms with E-state index >= 15 is 0 Å². The Morgan fingerprint density at radius 2 is 1.48 bits per heavy atom. The number of esters is 1. The van der Waals surface area contributed by atoms with Crippen LogP contribution in [0, 0.1) is 17.3 Å². The normalized spacial score (nSPS) is 34.5. The van der Waals surface area contributed by atoms with Crippen molar-refractivity contribution in [3.63, 3.8) is 0 Å². The number of rotatable bonds is 4. The van der Waals surface area contributed by atoms with E-state index < -0.39 is 0 Å². The maximum atomic E-state index is 11.4. The van der Waals surface area contributed by atoms with Crippen molar-refractivity contribution in [1.29, 1.82) is 0 Å². The van der Waals surface area contributed by atoms with Crippen molar-refractivity contribution in [3.8, 4) is 0 Å². The summed E-state index contributed by atoms with van der Waals surface area (Å²) in [4.78, 5) is 11.4. The highest BCUT2D eigenvalue weighted by Gasteiger charge is 2.40. The summed E-state index contributed by atoms with van der Waals surface area (Å²) >= 11 is 0. The van der Waals surface area contributed by atoms with Crippen LogP contribution in [0.15, 0.2) is 0 Å². The number of aliphatic hydroxyl groups is 1. The fourth-order valence-corrected chi connectivity index (χ4v) is 4.35. The van der Waals surface area contributed by atoms with Gasteiger partial charge in [0, 0.05) is 6.42 Å². The minimum Gasteiger partial charge on any atom is -0.462 e. The topological polar surface area (TPSA) is 46.5 Å². The molecule has 0 atom stereocenters. The van der Waals surface area contributed by atoms with E-state index in [9.17, 15) is 9.90 Å². The first-order valence-corrected chi connectivity index (χ1v) is 8.81. The molecule has 2 rings (SSSR count). The van der Waals surface area contributed by atoms with E-state index in [1.165, 1.54) is 25.7 Å². The van der Waals surface area contributed by atoms with E-state index in [-0.39, 0.29) is 18.2 Å². The van der Waals surface area contributed by atoms with E-state index in [4.69, 9.17) is 4.74 Å². The molecule has 1 N–H and O–H groups in total. The Morgan fingerprint density at radius 3 is 1.95 bits per heavy atom. The molecule has 3 nitrogen and oxygen atoms in total. The van der Waals surface area contributed by atoms with Crippen molar-refractivity contribution in [2.45, 2.75) is 90.8 Å². The van der Waals surface area contributed by atoms with Crippen LogP contribution in [0.4, 0.5) is 0 Å². The van der Waals surface area contributed by atoms with E-state index in [0.29, 0.717) is 11.8 Å². The molecule has 0 spiro atoms. The summed E-state index contributed by atoms with van der Waals surface area (Å²) in [6, 6.07) is 0. The van der Waals surface area contributed by atoms with Crippen LogP contribution in [-0.4, -0.2) is 23.3 Å². The van der Waals surface area contributed by atoms with Gasteiger partial charge < -0.3 is 9.84 Å². The SMILES string of the molecule is CCC(=O)OC1CCC(C(C)(C)C2CCC(O)CC2)CC1. The first-order valence-electron chi connectivity index (χ1n) is 8.81. The van der Waals surface area contributed by atoms with Gasteiger partial charge in [0.15, 0.2) is 0 Å². The van der Waals surface area contributed by atoms with Gasteiger partial charge in [-0.3, -0.25) is 4.79 Å². The van der Waals surface area contributed by atoms with Crippen molar-refractivity contribution in [1.82, 2.24) is 0 Å². The fraction of sp³-hybridized carbons (Fsp3) is 0.944. The third-order valence-corrected chi connectivity index (χ3v) is 6.06. The van der Waals surface area contributed by atoms with Gasteiger partial charge >= 0.3 is 5.97 Å². The van der Waals surface area contributed by atoms with Crippen molar-refractivity contribution in [2.24, 2.45) is 17.3 Å². The van der Waals surface area contributed by atoms with Crippen molar-refractivity contribution in [3.05, 3.63) is 0 Å². The van der Waals surface area contributed by atoms with Crippen LogP contribution in [0.25, 0.3) is 0 Å². The standard InChI is InChI=1S/C18H32O3/c1-4-17(20)21-16-11-7-14(8-12-16)18(2,3)13-5-9-15(19)10-6-13/h13-16,19H,4-12H2,1-3H3. The highest BCUT2D eigenvalue weighted by atomic mass is 16.5. The Morgan fingerprint density at radius 1 is 1.00 bits per heavy atom. The zero-order chi connectivity index (χ0) is 15.5. The van der Waals surface area contributed by atoms with Crippen LogP contribution in [-0.2, 0) is 9.53 Å². The average molecular weight is 296 g/mol. The summed E-state index contributed by atoms with van der Waals surface area (Å²) in [5.74, 6) is 1.41. The third-order valence-electron chi connectivity index (χ3n) is 6.06. The zero-order valence-corrected chi connectivity index (χ0v) is 13.9. The molecule has 0 aromatic heterocycles. The molecule has 21 heavy (non-hydrogen) atoms. The molecule has 122 valence electrons. The first kappa shape index (κ1) is 16.8. The van der Waals surface area contributed by atoms with Gasteiger partial charge in [-0.15, -0.1) is 0 Å². The molecule has 0 bridgehead atoms. The van der Waals surface area contributed by atoms with E-state index in [2.05, 4.69) is 13.8 Å². The Hall–Kier alpha value is -0.570. The number of ether oxygens (including phenoxy) is 1.